The lowest BCUT2D eigenvalue weighted by Crippen LogP contribution is -2.39. The van der Waals surface area contributed by atoms with Crippen LogP contribution in [0.4, 0.5) is 11.4 Å². The van der Waals surface area contributed by atoms with Crippen molar-refractivity contribution in [2.75, 3.05) is 23.9 Å². The summed E-state index contributed by atoms with van der Waals surface area (Å²) < 4.78 is 6.31. The van der Waals surface area contributed by atoms with E-state index < -0.39 is 6.04 Å². The fourth-order valence-corrected chi connectivity index (χ4v) is 4.64. The zero-order valence-electron chi connectivity index (χ0n) is 18.6. The standard InChI is InChI=1S/C26H24IN3O3S/c1-33-22-13-7-18(8-14-22)15-16-29-23(17-24(31)28-20-11-9-19(27)10-12-20)25(32)30(26(29)34)21-5-3-2-4-6-21/h2-14,23H,15-17H2,1H3,(H,28,31). The number of para-hydroxylation sites is 1. The molecule has 2 amide bonds. The molecule has 1 aliphatic heterocycles. The van der Waals surface area contributed by atoms with Crippen LogP contribution >= 0.6 is 34.8 Å². The van der Waals surface area contributed by atoms with Crippen LogP contribution in [-0.2, 0) is 16.0 Å². The summed E-state index contributed by atoms with van der Waals surface area (Å²) in [6.07, 6.45) is 0.687. The molecule has 0 aliphatic carbocycles. The maximum Gasteiger partial charge on any atom is 0.256 e. The average Bonchev–Trinajstić information content (AvgIpc) is 3.08. The highest BCUT2D eigenvalue weighted by molar-refractivity contribution is 14.1. The Balaban J connectivity index is 1.53. The van der Waals surface area contributed by atoms with Crippen molar-refractivity contribution >= 4 is 63.1 Å². The smallest absolute Gasteiger partial charge is 0.256 e. The van der Waals surface area contributed by atoms with Gasteiger partial charge < -0.3 is 15.0 Å². The number of anilines is 2. The number of amides is 2. The predicted octanol–water partition coefficient (Wildman–Crippen LogP) is 4.87. The van der Waals surface area contributed by atoms with E-state index in [0.717, 1.165) is 14.9 Å². The molecule has 1 aliphatic rings. The number of halogens is 1. The van der Waals surface area contributed by atoms with Gasteiger partial charge in [0.2, 0.25) is 5.91 Å². The van der Waals surface area contributed by atoms with Crippen LogP contribution in [0.15, 0.2) is 78.9 Å². The Morgan fingerprint density at radius 1 is 1.03 bits per heavy atom. The van der Waals surface area contributed by atoms with Crippen molar-refractivity contribution in [3.8, 4) is 5.75 Å². The van der Waals surface area contributed by atoms with Gasteiger partial charge in [-0.25, -0.2) is 0 Å². The molecule has 1 saturated heterocycles. The second-order valence-electron chi connectivity index (χ2n) is 7.86. The number of benzene rings is 3. The Kier molecular flexibility index (Phi) is 7.79. The van der Waals surface area contributed by atoms with Crippen molar-refractivity contribution in [1.29, 1.82) is 0 Å². The molecule has 8 heteroatoms. The molecule has 174 valence electrons. The summed E-state index contributed by atoms with van der Waals surface area (Å²) in [7, 11) is 1.63. The third kappa shape index (κ3) is 5.56. The van der Waals surface area contributed by atoms with Crippen molar-refractivity contribution in [2.45, 2.75) is 18.9 Å². The maximum absolute atomic E-state index is 13.5. The lowest BCUT2D eigenvalue weighted by atomic mass is 10.1. The second-order valence-corrected chi connectivity index (χ2v) is 9.47. The van der Waals surface area contributed by atoms with Gasteiger partial charge in [0.25, 0.3) is 5.91 Å². The average molecular weight is 585 g/mol. The molecule has 0 spiro atoms. The van der Waals surface area contributed by atoms with E-state index in [0.29, 0.717) is 29.5 Å². The Hall–Kier alpha value is -2.98. The number of rotatable bonds is 8. The quantitative estimate of drug-likeness (QED) is 0.302. The number of nitrogens with zero attached hydrogens (tertiary/aromatic N) is 2. The van der Waals surface area contributed by atoms with E-state index in [-0.39, 0.29) is 18.2 Å². The minimum Gasteiger partial charge on any atom is -0.497 e. The topological polar surface area (TPSA) is 61.9 Å². The summed E-state index contributed by atoms with van der Waals surface area (Å²) in [5.74, 6) is 0.367. The summed E-state index contributed by atoms with van der Waals surface area (Å²) in [6.45, 7) is 0.516. The molecule has 1 N–H and O–H groups in total. The van der Waals surface area contributed by atoms with Crippen molar-refractivity contribution in [3.63, 3.8) is 0 Å². The van der Waals surface area contributed by atoms with E-state index in [9.17, 15) is 9.59 Å². The first-order valence-corrected chi connectivity index (χ1v) is 12.3. The highest BCUT2D eigenvalue weighted by Gasteiger charge is 2.43. The summed E-state index contributed by atoms with van der Waals surface area (Å²) in [5, 5.41) is 3.31. The molecule has 6 nitrogen and oxygen atoms in total. The van der Waals surface area contributed by atoms with E-state index >= 15 is 0 Å². The summed E-state index contributed by atoms with van der Waals surface area (Å²) >= 11 is 7.94. The highest BCUT2D eigenvalue weighted by Crippen LogP contribution is 2.28. The summed E-state index contributed by atoms with van der Waals surface area (Å²) in [5.41, 5.74) is 2.49. The van der Waals surface area contributed by atoms with Gasteiger partial charge in [-0.3, -0.25) is 14.5 Å². The number of ether oxygens (including phenoxy) is 1. The van der Waals surface area contributed by atoms with Crippen molar-refractivity contribution in [1.82, 2.24) is 4.90 Å². The second kappa shape index (κ2) is 11.0. The Morgan fingerprint density at radius 2 is 1.71 bits per heavy atom. The van der Waals surface area contributed by atoms with Gasteiger partial charge in [0.15, 0.2) is 5.11 Å². The van der Waals surface area contributed by atoms with E-state index in [4.69, 9.17) is 17.0 Å². The Labute approximate surface area is 218 Å². The van der Waals surface area contributed by atoms with Gasteiger partial charge in [-0.05, 0) is 95.3 Å². The SMILES string of the molecule is COc1ccc(CCN2C(=S)N(c3ccccc3)C(=O)C2CC(=O)Nc2ccc(I)cc2)cc1. The van der Waals surface area contributed by atoms with Gasteiger partial charge in [-0.2, -0.15) is 0 Å². The van der Waals surface area contributed by atoms with Crippen LogP contribution in [-0.4, -0.2) is 41.5 Å². The normalized spacial score (nSPS) is 15.5. The monoisotopic (exact) mass is 585 g/mol. The Morgan fingerprint density at radius 3 is 2.35 bits per heavy atom. The third-order valence-corrected chi connectivity index (χ3v) is 6.78. The molecule has 0 saturated carbocycles. The molecule has 1 atom stereocenters. The van der Waals surface area contributed by atoms with E-state index in [1.54, 1.807) is 7.11 Å². The number of carbonyl (C=O) groups is 2. The van der Waals surface area contributed by atoms with Crippen molar-refractivity contribution in [2.24, 2.45) is 0 Å². The van der Waals surface area contributed by atoms with Crippen LogP contribution < -0.4 is 15.0 Å². The lowest BCUT2D eigenvalue weighted by molar-refractivity contribution is -0.124. The van der Waals surface area contributed by atoms with Gasteiger partial charge in [0.05, 0.1) is 19.2 Å². The zero-order chi connectivity index (χ0) is 24.1. The first-order valence-electron chi connectivity index (χ1n) is 10.8. The minimum absolute atomic E-state index is 0.0108. The van der Waals surface area contributed by atoms with Gasteiger partial charge >= 0.3 is 0 Å². The first-order chi connectivity index (χ1) is 16.5. The molecule has 34 heavy (non-hydrogen) atoms. The van der Waals surface area contributed by atoms with Crippen LogP contribution in [0.1, 0.15) is 12.0 Å². The molecular formula is C26H24IN3O3S. The minimum atomic E-state index is -0.671. The van der Waals surface area contributed by atoms with Crippen LogP contribution in [0.3, 0.4) is 0 Å². The van der Waals surface area contributed by atoms with Crippen LogP contribution in [0.25, 0.3) is 0 Å². The van der Waals surface area contributed by atoms with E-state index in [1.807, 2.05) is 83.8 Å². The molecular weight excluding hydrogens is 561 g/mol. The van der Waals surface area contributed by atoms with Gasteiger partial charge in [-0.1, -0.05) is 30.3 Å². The van der Waals surface area contributed by atoms with Crippen molar-refractivity contribution < 1.29 is 14.3 Å². The first kappa shape index (κ1) is 24.2. The highest BCUT2D eigenvalue weighted by atomic mass is 127. The molecule has 1 heterocycles. The number of methoxy groups -OCH3 is 1. The van der Waals surface area contributed by atoms with Crippen LogP contribution in [0, 0.1) is 3.57 Å². The predicted molar refractivity (Wildman–Crippen MR) is 146 cm³/mol. The fourth-order valence-electron chi connectivity index (χ4n) is 3.86. The molecule has 0 bridgehead atoms. The lowest BCUT2D eigenvalue weighted by Gasteiger charge is -2.24. The van der Waals surface area contributed by atoms with E-state index in [2.05, 4.69) is 27.9 Å². The van der Waals surface area contributed by atoms with Crippen LogP contribution in [0.5, 0.6) is 5.75 Å². The number of hydrogen-bond donors (Lipinski definition) is 1. The largest absolute Gasteiger partial charge is 0.497 e. The summed E-state index contributed by atoms with van der Waals surface area (Å²) in [4.78, 5) is 29.7. The number of carbonyl (C=O) groups excluding carboxylic acids is 2. The Bertz CT molecular complexity index is 1170. The molecule has 0 aromatic heterocycles. The zero-order valence-corrected chi connectivity index (χ0v) is 21.6. The maximum atomic E-state index is 13.5. The number of nitrogens with one attached hydrogen (secondary N) is 1. The fraction of sp³-hybridized carbons (Fsp3) is 0.192. The van der Waals surface area contributed by atoms with E-state index in [1.165, 1.54) is 4.90 Å². The molecule has 3 aromatic rings. The number of hydrogen-bond acceptors (Lipinski definition) is 4. The molecule has 4 rings (SSSR count). The van der Waals surface area contributed by atoms with Gasteiger partial charge in [-0.15, -0.1) is 0 Å². The number of thiocarbonyl (C=S) groups is 1. The van der Waals surface area contributed by atoms with Gasteiger partial charge in [0.1, 0.15) is 11.8 Å². The summed E-state index contributed by atoms with van der Waals surface area (Å²) in [6, 6.07) is 24.0. The molecule has 1 unspecified atom stereocenters. The van der Waals surface area contributed by atoms with Gasteiger partial charge in [0, 0.05) is 15.8 Å². The molecule has 3 aromatic carbocycles. The third-order valence-electron chi connectivity index (χ3n) is 5.64. The molecule has 1 fully saturated rings. The van der Waals surface area contributed by atoms with Crippen molar-refractivity contribution in [3.05, 3.63) is 88.0 Å². The van der Waals surface area contributed by atoms with Crippen LogP contribution in [0.2, 0.25) is 0 Å². The molecule has 0 radical (unpaired) electrons.